The smallest absolute Gasteiger partial charge is 0.266 e. The minimum absolute atomic E-state index is 0.0229. The second-order valence-corrected chi connectivity index (χ2v) is 4.21. The number of carbonyl (C=O) groups excluding carboxylic acids is 1. The lowest BCUT2D eigenvalue weighted by atomic mass is 10.0. The van der Waals surface area contributed by atoms with Crippen LogP contribution in [0.25, 0.3) is 0 Å². The fourth-order valence-electron chi connectivity index (χ4n) is 2.05. The molecule has 1 aromatic carbocycles. The molecule has 18 heavy (non-hydrogen) atoms. The molecular weight excluding hydrogens is 228 g/mol. The summed E-state index contributed by atoms with van der Waals surface area (Å²) in [5.41, 5.74) is 1.87. The highest BCUT2D eigenvalue weighted by atomic mass is 16.6. The summed E-state index contributed by atoms with van der Waals surface area (Å²) in [6, 6.07) is 9.83. The standard InChI is InChI=1S/C14H18N2O2/c1-3-16(4-2)14(17)13-10-12(15-18-13)11-8-6-5-7-9-11/h5-9,13H,3-4,10H2,1-2H3. The minimum atomic E-state index is -0.458. The van der Waals surface area contributed by atoms with Crippen LogP contribution in [0.2, 0.25) is 0 Å². The third kappa shape index (κ3) is 2.53. The molecule has 1 atom stereocenters. The zero-order valence-electron chi connectivity index (χ0n) is 10.8. The Kier molecular flexibility index (Phi) is 3.97. The van der Waals surface area contributed by atoms with Crippen LogP contribution in [0.5, 0.6) is 0 Å². The first-order chi connectivity index (χ1) is 8.76. The summed E-state index contributed by atoms with van der Waals surface area (Å²) in [6.07, 6.45) is 0.0967. The van der Waals surface area contributed by atoms with E-state index in [0.717, 1.165) is 11.3 Å². The van der Waals surface area contributed by atoms with Gasteiger partial charge in [0, 0.05) is 19.5 Å². The molecule has 0 spiro atoms. The molecule has 1 aliphatic rings. The molecule has 0 saturated carbocycles. The lowest BCUT2D eigenvalue weighted by Gasteiger charge is -2.20. The van der Waals surface area contributed by atoms with Crippen LogP contribution in [0, 0.1) is 0 Å². The Bertz CT molecular complexity index is 438. The molecule has 1 amide bonds. The molecule has 1 aliphatic heterocycles. The van der Waals surface area contributed by atoms with Crippen LogP contribution in [0.4, 0.5) is 0 Å². The van der Waals surface area contributed by atoms with E-state index in [1.165, 1.54) is 0 Å². The zero-order chi connectivity index (χ0) is 13.0. The van der Waals surface area contributed by atoms with E-state index in [9.17, 15) is 4.79 Å². The van der Waals surface area contributed by atoms with Crippen LogP contribution >= 0.6 is 0 Å². The Labute approximate surface area is 107 Å². The van der Waals surface area contributed by atoms with Crippen molar-refractivity contribution in [3.05, 3.63) is 35.9 Å². The maximum atomic E-state index is 12.1. The van der Waals surface area contributed by atoms with Gasteiger partial charge in [-0.25, -0.2) is 0 Å². The van der Waals surface area contributed by atoms with Crippen molar-refractivity contribution in [2.75, 3.05) is 13.1 Å². The van der Waals surface area contributed by atoms with Crippen LogP contribution in [0.15, 0.2) is 35.5 Å². The Hall–Kier alpha value is -1.84. The average Bonchev–Trinajstić information content (AvgIpc) is 2.90. The molecule has 4 heteroatoms. The lowest BCUT2D eigenvalue weighted by molar-refractivity contribution is -0.141. The second-order valence-electron chi connectivity index (χ2n) is 4.21. The van der Waals surface area contributed by atoms with Gasteiger partial charge in [0.2, 0.25) is 6.10 Å². The number of nitrogens with zero attached hydrogens (tertiary/aromatic N) is 2. The van der Waals surface area contributed by atoms with Gasteiger partial charge in [0.25, 0.3) is 5.91 Å². The highest BCUT2D eigenvalue weighted by Crippen LogP contribution is 2.18. The van der Waals surface area contributed by atoms with Crippen molar-refractivity contribution in [3.63, 3.8) is 0 Å². The van der Waals surface area contributed by atoms with E-state index >= 15 is 0 Å². The van der Waals surface area contributed by atoms with Crippen molar-refractivity contribution in [2.45, 2.75) is 26.4 Å². The van der Waals surface area contributed by atoms with Gasteiger partial charge in [0.05, 0.1) is 5.71 Å². The number of oxime groups is 1. The number of rotatable bonds is 4. The van der Waals surface area contributed by atoms with Crippen LogP contribution in [0.1, 0.15) is 25.8 Å². The zero-order valence-corrected chi connectivity index (χ0v) is 10.8. The van der Waals surface area contributed by atoms with Crippen molar-refractivity contribution in [1.29, 1.82) is 0 Å². The molecule has 0 fully saturated rings. The van der Waals surface area contributed by atoms with E-state index in [-0.39, 0.29) is 5.91 Å². The fourth-order valence-corrected chi connectivity index (χ4v) is 2.05. The van der Waals surface area contributed by atoms with Crippen molar-refractivity contribution in [2.24, 2.45) is 5.16 Å². The molecule has 0 saturated heterocycles. The molecule has 2 rings (SSSR count). The molecular formula is C14H18N2O2. The molecule has 0 aliphatic carbocycles. The first-order valence-electron chi connectivity index (χ1n) is 6.33. The van der Waals surface area contributed by atoms with Gasteiger partial charge < -0.3 is 9.74 Å². The molecule has 0 bridgehead atoms. The second kappa shape index (κ2) is 5.67. The van der Waals surface area contributed by atoms with E-state index in [1.54, 1.807) is 4.90 Å². The molecule has 1 unspecified atom stereocenters. The maximum absolute atomic E-state index is 12.1. The maximum Gasteiger partial charge on any atom is 0.266 e. The first kappa shape index (κ1) is 12.6. The highest BCUT2D eigenvalue weighted by Gasteiger charge is 2.31. The summed E-state index contributed by atoms with van der Waals surface area (Å²) < 4.78 is 0. The monoisotopic (exact) mass is 246 g/mol. The number of hydrogen-bond donors (Lipinski definition) is 0. The van der Waals surface area contributed by atoms with E-state index in [0.29, 0.717) is 19.5 Å². The van der Waals surface area contributed by atoms with Crippen LogP contribution in [-0.2, 0) is 9.63 Å². The van der Waals surface area contributed by atoms with E-state index in [2.05, 4.69) is 5.16 Å². The summed E-state index contributed by atoms with van der Waals surface area (Å²) >= 11 is 0. The predicted octanol–water partition coefficient (Wildman–Crippen LogP) is 2.05. The third-order valence-corrected chi connectivity index (χ3v) is 3.13. The average molecular weight is 246 g/mol. The number of benzene rings is 1. The summed E-state index contributed by atoms with van der Waals surface area (Å²) in [5.74, 6) is 0.0229. The number of carbonyl (C=O) groups is 1. The molecule has 96 valence electrons. The molecule has 0 radical (unpaired) electrons. The Balaban J connectivity index is 2.01. The fraction of sp³-hybridized carbons (Fsp3) is 0.429. The Morgan fingerprint density at radius 3 is 2.61 bits per heavy atom. The largest absolute Gasteiger partial charge is 0.382 e. The lowest BCUT2D eigenvalue weighted by Crippen LogP contribution is -2.39. The van der Waals surface area contributed by atoms with Gasteiger partial charge >= 0.3 is 0 Å². The van der Waals surface area contributed by atoms with Gasteiger partial charge in [-0.1, -0.05) is 35.5 Å². The summed E-state index contributed by atoms with van der Waals surface area (Å²) in [6.45, 7) is 5.34. The molecule has 1 heterocycles. The molecule has 0 N–H and O–H groups in total. The Morgan fingerprint density at radius 2 is 2.00 bits per heavy atom. The first-order valence-corrected chi connectivity index (χ1v) is 6.33. The molecule has 1 aromatic rings. The number of amides is 1. The minimum Gasteiger partial charge on any atom is -0.382 e. The van der Waals surface area contributed by atoms with Gasteiger partial charge in [-0.15, -0.1) is 0 Å². The van der Waals surface area contributed by atoms with Crippen LogP contribution < -0.4 is 0 Å². The van der Waals surface area contributed by atoms with Crippen molar-refractivity contribution < 1.29 is 9.63 Å². The van der Waals surface area contributed by atoms with Gasteiger partial charge in [-0.3, -0.25) is 4.79 Å². The van der Waals surface area contributed by atoms with E-state index in [1.807, 2.05) is 44.2 Å². The quantitative estimate of drug-likeness (QED) is 0.816. The highest BCUT2D eigenvalue weighted by molar-refractivity contribution is 6.04. The summed E-state index contributed by atoms with van der Waals surface area (Å²) in [5, 5.41) is 4.03. The van der Waals surface area contributed by atoms with Crippen LogP contribution in [0.3, 0.4) is 0 Å². The number of hydrogen-bond acceptors (Lipinski definition) is 3. The van der Waals surface area contributed by atoms with Gasteiger partial charge in [-0.2, -0.15) is 0 Å². The summed E-state index contributed by atoms with van der Waals surface area (Å²) in [4.78, 5) is 19.1. The summed E-state index contributed by atoms with van der Waals surface area (Å²) in [7, 11) is 0. The van der Waals surface area contributed by atoms with Gasteiger partial charge in [0.15, 0.2) is 0 Å². The van der Waals surface area contributed by atoms with Crippen molar-refractivity contribution >= 4 is 11.6 Å². The van der Waals surface area contributed by atoms with Gasteiger partial charge in [-0.05, 0) is 19.4 Å². The topological polar surface area (TPSA) is 41.9 Å². The van der Waals surface area contributed by atoms with Crippen LogP contribution in [-0.4, -0.2) is 35.7 Å². The van der Waals surface area contributed by atoms with Crippen molar-refractivity contribution in [3.8, 4) is 0 Å². The SMILES string of the molecule is CCN(CC)C(=O)C1CC(c2ccccc2)=NO1. The Morgan fingerprint density at radius 1 is 1.33 bits per heavy atom. The van der Waals surface area contributed by atoms with E-state index in [4.69, 9.17) is 4.84 Å². The molecule has 0 aromatic heterocycles. The van der Waals surface area contributed by atoms with E-state index < -0.39 is 6.10 Å². The predicted molar refractivity (Wildman–Crippen MR) is 70.4 cm³/mol. The number of likely N-dealkylation sites (N-methyl/N-ethyl adjacent to an activating group) is 1. The van der Waals surface area contributed by atoms with Crippen molar-refractivity contribution in [1.82, 2.24) is 4.90 Å². The van der Waals surface area contributed by atoms with Gasteiger partial charge in [0.1, 0.15) is 0 Å². The molecule has 4 nitrogen and oxygen atoms in total. The third-order valence-electron chi connectivity index (χ3n) is 3.13. The normalized spacial score (nSPS) is 18.1.